The van der Waals surface area contributed by atoms with Crippen molar-refractivity contribution in [2.75, 3.05) is 0 Å². The van der Waals surface area contributed by atoms with Gasteiger partial charge in [-0.1, -0.05) is 0 Å². The Balaban J connectivity index is 2.50. The highest BCUT2D eigenvalue weighted by atomic mass is 19.1. The summed E-state index contributed by atoms with van der Waals surface area (Å²) in [5, 5.41) is 10.9. The maximum atomic E-state index is 13.8. The van der Waals surface area contributed by atoms with E-state index in [2.05, 4.69) is 10.3 Å². The fourth-order valence-corrected chi connectivity index (χ4v) is 1.73. The van der Waals surface area contributed by atoms with E-state index >= 15 is 0 Å². The topological polar surface area (TPSA) is 79.3 Å². The van der Waals surface area contributed by atoms with Crippen LogP contribution in [0.15, 0.2) is 24.4 Å². The van der Waals surface area contributed by atoms with E-state index in [1.165, 1.54) is 19.2 Å². The van der Waals surface area contributed by atoms with Crippen molar-refractivity contribution in [2.45, 2.75) is 13.0 Å². The van der Waals surface area contributed by atoms with Crippen molar-refractivity contribution >= 4 is 22.6 Å². The molecule has 104 valence electrons. The van der Waals surface area contributed by atoms with Crippen LogP contribution in [0.5, 0.6) is 0 Å². The number of fused-ring (bicyclic) bond motifs is 1. The lowest BCUT2D eigenvalue weighted by molar-refractivity contribution is -0.138. The number of aliphatic carboxylic acids is 1. The predicted molar refractivity (Wildman–Crippen MR) is 66.2 cm³/mol. The molecule has 5 nitrogen and oxygen atoms in total. The van der Waals surface area contributed by atoms with Gasteiger partial charge in [0, 0.05) is 17.6 Å². The minimum Gasteiger partial charge on any atom is -0.480 e. The zero-order chi connectivity index (χ0) is 14.9. The van der Waals surface area contributed by atoms with Gasteiger partial charge in [0.2, 0.25) is 0 Å². The highest BCUT2D eigenvalue weighted by Crippen LogP contribution is 2.22. The van der Waals surface area contributed by atoms with Crippen LogP contribution < -0.4 is 5.32 Å². The minimum absolute atomic E-state index is 0.149. The van der Waals surface area contributed by atoms with E-state index in [1.54, 1.807) is 0 Å². The molecule has 0 spiro atoms. The number of halogens is 2. The first-order valence-corrected chi connectivity index (χ1v) is 5.67. The van der Waals surface area contributed by atoms with E-state index < -0.39 is 29.6 Å². The van der Waals surface area contributed by atoms with Crippen LogP contribution in [0.1, 0.15) is 17.4 Å². The first-order chi connectivity index (χ1) is 9.40. The summed E-state index contributed by atoms with van der Waals surface area (Å²) in [6, 6.07) is 1.92. The smallest absolute Gasteiger partial charge is 0.325 e. The van der Waals surface area contributed by atoms with E-state index in [1.807, 2.05) is 0 Å². The Labute approximate surface area is 112 Å². The van der Waals surface area contributed by atoms with Gasteiger partial charge in [-0.3, -0.25) is 14.6 Å². The summed E-state index contributed by atoms with van der Waals surface area (Å²) in [5.74, 6) is -3.77. The molecule has 0 saturated carbocycles. The molecule has 0 bridgehead atoms. The average molecular weight is 280 g/mol. The van der Waals surface area contributed by atoms with Crippen LogP contribution in [-0.2, 0) is 4.79 Å². The standard InChI is InChI=1S/C13H10F2N2O3/c1-6(13(19)20)17-12(18)11-10-7(2-3-16-11)4-8(14)5-9(10)15/h2-6H,1H3,(H,17,18)(H,19,20). The number of nitrogens with one attached hydrogen (secondary N) is 1. The van der Waals surface area contributed by atoms with Gasteiger partial charge in [-0.15, -0.1) is 0 Å². The first-order valence-electron chi connectivity index (χ1n) is 5.67. The third kappa shape index (κ3) is 2.56. The number of hydrogen-bond acceptors (Lipinski definition) is 3. The third-order valence-corrected chi connectivity index (χ3v) is 2.71. The van der Waals surface area contributed by atoms with Crippen LogP contribution in [0.2, 0.25) is 0 Å². The van der Waals surface area contributed by atoms with Gasteiger partial charge in [0.1, 0.15) is 23.4 Å². The average Bonchev–Trinajstić information content (AvgIpc) is 2.37. The molecule has 0 aliphatic carbocycles. The molecule has 0 saturated heterocycles. The Hall–Kier alpha value is -2.57. The van der Waals surface area contributed by atoms with Gasteiger partial charge >= 0.3 is 5.97 Å². The fourth-order valence-electron chi connectivity index (χ4n) is 1.73. The molecule has 2 aromatic rings. The Morgan fingerprint density at radius 1 is 1.35 bits per heavy atom. The molecule has 20 heavy (non-hydrogen) atoms. The van der Waals surface area contributed by atoms with Gasteiger partial charge in [-0.05, 0) is 24.4 Å². The molecular formula is C13H10F2N2O3. The quantitative estimate of drug-likeness (QED) is 0.897. The number of aromatic nitrogens is 1. The number of carboxylic acid groups (broad SMARTS) is 1. The highest BCUT2D eigenvalue weighted by molar-refractivity contribution is 6.06. The molecule has 2 N–H and O–H groups in total. The third-order valence-electron chi connectivity index (χ3n) is 2.71. The van der Waals surface area contributed by atoms with Crippen molar-refractivity contribution in [3.8, 4) is 0 Å². The molecule has 0 aliphatic heterocycles. The summed E-state index contributed by atoms with van der Waals surface area (Å²) in [6.45, 7) is 1.27. The van der Waals surface area contributed by atoms with E-state index in [0.717, 1.165) is 6.07 Å². The number of carboxylic acids is 1. The van der Waals surface area contributed by atoms with Crippen LogP contribution in [0.25, 0.3) is 10.8 Å². The number of rotatable bonds is 3. The Morgan fingerprint density at radius 2 is 2.05 bits per heavy atom. The lowest BCUT2D eigenvalue weighted by atomic mass is 10.1. The van der Waals surface area contributed by atoms with Crippen molar-refractivity contribution in [3.63, 3.8) is 0 Å². The number of carbonyl (C=O) groups is 2. The second-order valence-corrected chi connectivity index (χ2v) is 4.18. The zero-order valence-electron chi connectivity index (χ0n) is 10.4. The SMILES string of the molecule is CC(NC(=O)c1nccc2cc(F)cc(F)c12)C(=O)O. The molecule has 1 aromatic carbocycles. The number of carbonyl (C=O) groups excluding carboxylic acids is 1. The van der Waals surface area contributed by atoms with Gasteiger partial charge in [-0.2, -0.15) is 0 Å². The Bertz CT molecular complexity index is 703. The van der Waals surface area contributed by atoms with E-state index in [9.17, 15) is 18.4 Å². The van der Waals surface area contributed by atoms with Crippen LogP contribution in [0.4, 0.5) is 8.78 Å². The van der Waals surface area contributed by atoms with Crippen LogP contribution in [0, 0.1) is 11.6 Å². The maximum absolute atomic E-state index is 13.8. The molecular weight excluding hydrogens is 270 g/mol. The molecule has 1 unspecified atom stereocenters. The molecule has 7 heteroatoms. The molecule has 2 rings (SSSR count). The van der Waals surface area contributed by atoms with Gasteiger partial charge in [0.25, 0.3) is 5.91 Å². The summed E-state index contributed by atoms with van der Waals surface area (Å²) in [4.78, 5) is 26.3. The number of amides is 1. The summed E-state index contributed by atoms with van der Waals surface area (Å²) in [5.41, 5.74) is -0.284. The van der Waals surface area contributed by atoms with Gasteiger partial charge < -0.3 is 10.4 Å². The van der Waals surface area contributed by atoms with Crippen LogP contribution in [-0.4, -0.2) is 28.0 Å². The van der Waals surface area contributed by atoms with Gasteiger partial charge in [0.05, 0.1) is 0 Å². The van der Waals surface area contributed by atoms with Crippen molar-refractivity contribution in [1.82, 2.24) is 10.3 Å². The molecule has 0 fully saturated rings. The fraction of sp³-hybridized carbons (Fsp3) is 0.154. The number of hydrogen-bond donors (Lipinski definition) is 2. The summed E-state index contributed by atoms with van der Waals surface area (Å²) >= 11 is 0. The lowest BCUT2D eigenvalue weighted by Crippen LogP contribution is -2.38. The number of benzene rings is 1. The molecule has 0 radical (unpaired) electrons. The normalized spacial score (nSPS) is 12.2. The minimum atomic E-state index is -1.23. The Kier molecular flexibility index (Phi) is 3.60. The van der Waals surface area contributed by atoms with Crippen molar-refractivity contribution in [1.29, 1.82) is 0 Å². The second-order valence-electron chi connectivity index (χ2n) is 4.18. The molecule has 1 heterocycles. The second kappa shape index (κ2) is 5.20. The van der Waals surface area contributed by atoms with Gasteiger partial charge in [-0.25, -0.2) is 8.78 Å². The van der Waals surface area contributed by atoms with E-state index in [0.29, 0.717) is 6.07 Å². The molecule has 0 aliphatic rings. The van der Waals surface area contributed by atoms with Crippen molar-refractivity contribution in [2.24, 2.45) is 0 Å². The summed E-state index contributed by atoms with van der Waals surface area (Å²) < 4.78 is 26.9. The largest absolute Gasteiger partial charge is 0.480 e. The molecule has 1 aromatic heterocycles. The number of nitrogens with zero attached hydrogens (tertiary/aromatic N) is 1. The van der Waals surface area contributed by atoms with Crippen molar-refractivity contribution in [3.05, 3.63) is 41.7 Å². The number of pyridine rings is 1. The van der Waals surface area contributed by atoms with Crippen molar-refractivity contribution < 1.29 is 23.5 Å². The first kappa shape index (κ1) is 13.9. The Morgan fingerprint density at radius 3 is 2.70 bits per heavy atom. The lowest BCUT2D eigenvalue weighted by Gasteiger charge is -2.10. The maximum Gasteiger partial charge on any atom is 0.325 e. The summed E-state index contributed by atoms with van der Waals surface area (Å²) in [6.07, 6.45) is 1.22. The monoisotopic (exact) mass is 280 g/mol. The summed E-state index contributed by atoms with van der Waals surface area (Å²) in [7, 11) is 0. The van der Waals surface area contributed by atoms with E-state index in [-0.39, 0.29) is 16.5 Å². The van der Waals surface area contributed by atoms with Crippen LogP contribution >= 0.6 is 0 Å². The predicted octanol–water partition coefficient (Wildman–Crippen LogP) is 1.72. The van der Waals surface area contributed by atoms with Crippen LogP contribution in [0.3, 0.4) is 0 Å². The molecule has 1 atom stereocenters. The molecule has 1 amide bonds. The van der Waals surface area contributed by atoms with E-state index in [4.69, 9.17) is 5.11 Å². The highest BCUT2D eigenvalue weighted by Gasteiger charge is 2.20. The van der Waals surface area contributed by atoms with Gasteiger partial charge in [0.15, 0.2) is 0 Å². The zero-order valence-corrected chi connectivity index (χ0v) is 10.4.